The third-order valence-electron chi connectivity index (χ3n) is 5.61. The molecule has 0 radical (unpaired) electrons. The summed E-state index contributed by atoms with van der Waals surface area (Å²) in [7, 11) is 0. The van der Waals surface area contributed by atoms with Crippen molar-refractivity contribution >= 4 is 10.9 Å². The fourth-order valence-corrected chi connectivity index (χ4v) is 3.99. The molecule has 4 rings (SSSR count). The molecule has 0 bridgehead atoms. The molecule has 0 spiro atoms. The third kappa shape index (κ3) is 4.03. The van der Waals surface area contributed by atoms with Crippen molar-refractivity contribution in [2.45, 2.75) is 32.4 Å². The zero-order valence-electron chi connectivity index (χ0n) is 15.4. The number of nitrogens with zero attached hydrogens (tertiary/aromatic N) is 2. The first kappa shape index (κ1) is 17.7. The van der Waals surface area contributed by atoms with Gasteiger partial charge in [-0.15, -0.1) is 0 Å². The summed E-state index contributed by atoms with van der Waals surface area (Å²) in [6.07, 6.45) is 3.11. The average molecular weight is 363 g/mol. The van der Waals surface area contributed by atoms with E-state index in [0.29, 0.717) is 23.4 Å². The summed E-state index contributed by atoms with van der Waals surface area (Å²) in [5.74, 6) is 0.565. The molecule has 0 atom stereocenters. The summed E-state index contributed by atoms with van der Waals surface area (Å²) in [4.78, 5) is 30.2. The molecule has 1 saturated heterocycles. The molecular formula is C22H25N3O2. The summed E-state index contributed by atoms with van der Waals surface area (Å²) in [6, 6.07) is 17.8. The van der Waals surface area contributed by atoms with Crippen LogP contribution in [-0.4, -0.2) is 27.5 Å². The molecule has 5 nitrogen and oxygen atoms in total. The van der Waals surface area contributed by atoms with Gasteiger partial charge in [-0.1, -0.05) is 42.5 Å². The normalized spacial score (nSPS) is 16.0. The van der Waals surface area contributed by atoms with E-state index in [4.69, 9.17) is 0 Å². The average Bonchev–Trinajstić information content (AvgIpc) is 2.70. The van der Waals surface area contributed by atoms with Crippen LogP contribution in [0, 0.1) is 5.92 Å². The number of para-hydroxylation sites is 1. The topological polar surface area (TPSA) is 58.1 Å². The van der Waals surface area contributed by atoms with Gasteiger partial charge in [-0.25, -0.2) is 4.79 Å². The molecular weight excluding hydrogens is 338 g/mol. The van der Waals surface area contributed by atoms with Crippen molar-refractivity contribution in [1.29, 1.82) is 0 Å². The van der Waals surface area contributed by atoms with Crippen LogP contribution in [0.25, 0.3) is 10.9 Å². The molecule has 1 aliphatic heterocycles. The van der Waals surface area contributed by atoms with Crippen molar-refractivity contribution in [3.63, 3.8) is 0 Å². The van der Waals surface area contributed by atoms with Crippen molar-refractivity contribution in [2.75, 3.05) is 13.1 Å². The van der Waals surface area contributed by atoms with Gasteiger partial charge in [-0.05, 0) is 56.0 Å². The van der Waals surface area contributed by atoms with Gasteiger partial charge in [0.1, 0.15) is 0 Å². The first-order valence-corrected chi connectivity index (χ1v) is 9.69. The van der Waals surface area contributed by atoms with Gasteiger partial charge in [0.05, 0.1) is 10.9 Å². The van der Waals surface area contributed by atoms with E-state index in [1.807, 2.05) is 18.2 Å². The summed E-state index contributed by atoms with van der Waals surface area (Å²) in [5, 5.41) is 0.579. The Kier molecular flexibility index (Phi) is 5.21. The van der Waals surface area contributed by atoms with E-state index in [2.05, 4.69) is 34.1 Å². The van der Waals surface area contributed by atoms with E-state index in [9.17, 15) is 9.59 Å². The lowest BCUT2D eigenvalue weighted by Crippen LogP contribution is -2.37. The van der Waals surface area contributed by atoms with Crippen LogP contribution in [-0.2, 0) is 13.1 Å². The summed E-state index contributed by atoms with van der Waals surface area (Å²) >= 11 is 0. The van der Waals surface area contributed by atoms with Gasteiger partial charge < -0.3 is 4.98 Å². The van der Waals surface area contributed by atoms with Gasteiger partial charge in [0.2, 0.25) is 0 Å². The summed E-state index contributed by atoms with van der Waals surface area (Å²) in [6.45, 7) is 3.63. The molecule has 2 heterocycles. The zero-order valence-corrected chi connectivity index (χ0v) is 15.4. The minimum absolute atomic E-state index is 0.184. The SMILES string of the molecule is O=c1[nH]c2ccccc2c(=O)n1CCC1CCN(Cc2ccccc2)CC1. The molecule has 1 N–H and O–H groups in total. The van der Waals surface area contributed by atoms with E-state index >= 15 is 0 Å². The molecule has 1 aromatic heterocycles. The number of aromatic amines is 1. The van der Waals surface area contributed by atoms with Crippen LogP contribution >= 0.6 is 0 Å². The van der Waals surface area contributed by atoms with Crippen LogP contribution in [0.2, 0.25) is 0 Å². The molecule has 5 heteroatoms. The zero-order chi connectivity index (χ0) is 18.6. The van der Waals surface area contributed by atoms with E-state index in [1.165, 1.54) is 10.1 Å². The van der Waals surface area contributed by atoms with Gasteiger partial charge in [0, 0.05) is 13.1 Å². The molecule has 1 aliphatic rings. The maximum absolute atomic E-state index is 12.6. The highest BCUT2D eigenvalue weighted by atomic mass is 16.2. The molecule has 27 heavy (non-hydrogen) atoms. The predicted octanol–water partition coefficient (Wildman–Crippen LogP) is 2.99. The molecule has 1 fully saturated rings. The molecule has 0 unspecified atom stereocenters. The van der Waals surface area contributed by atoms with Crippen molar-refractivity contribution in [3.8, 4) is 0 Å². The minimum atomic E-state index is -0.305. The lowest BCUT2D eigenvalue weighted by Gasteiger charge is -2.32. The number of rotatable bonds is 5. The lowest BCUT2D eigenvalue weighted by atomic mass is 9.93. The smallest absolute Gasteiger partial charge is 0.307 e. The first-order chi connectivity index (χ1) is 13.2. The monoisotopic (exact) mass is 363 g/mol. The lowest BCUT2D eigenvalue weighted by molar-refractivity contribution is 0.169. The van der Waals surface area contributed by atoms with Crippen molar-refractivity contribution < 1.29 is 0 Å². The Morgan fingerprint density at radius 2 is 1.63 bits per heavy atom. The second-order valence-electron chi connectivity index (χ2n) is 7.43. The Labute approximate surface area is 158 Å². The van der Waals surface area contributed by atoms with Gasteiger partial charge in [0.15, 0.2) is 0 Å². The first-order valence-electron chi connectivity index (χ1n) is 9.69. The number of hydrogen-bond donors (Lipinski definition) is 1. The fraction of sp³-hybridized carbons (Fsp3) is 0.364. The van der Waals surface area contributed by atoms with Crippen molar-refractivity contribution in [3.05, 3.63) is 81.0 Å². The maximum Gasteiger partial charge on any atom is 0.328 e. The standard InChI is InChI=1S/C22H25N3O2/c26-21-19-8-4-5-9-20(19)23-22(27)25(21)15-12-17-10-13-24(14-11-17)16-18-6-2-1-3-7-18/h1-9,17H,10-16H2,(H,23,27). The second kappa shape index (κ2) is 7.92. The number of aromatic nitrogens is 2. The number of hydrogen-bond acceptors (Lipinski definition) is 3. The quantitative estimate of drug-likeness (QED) is 0.758. The van der Waals surface area contributed by atoms with E-state index in [-0.39, 0.29) is 11.2 Å². The van der Waals surface area contributed by atoms with Gasteiger partial charge in [0.25, 0.3) is 5.56 Å². The second-order valence-corrected chi connectivity index (χ2v) is 7.43. The number of nitrogens with one attached hydrogen (secondary N) is 1. The highest BCUT2D eigenvalue weighted by Gasteiger charge is 2.20. The third-order valence-corrected chi connectivity index (χ3v) is 5.61. The van der Waals surface area contributed by atoms with E-state index in [1.54, 1.807) is 12.1 Å². The number of fused-ring (bicyclic) bond motifs is 1. The molecule has 0 amide bonds. The van der Waals surface area contributed by atoms with Gasteiger partial charge in [-0.3, -0.25) is 14.3 Å². The Bertz CT molecular complexity index is 1010. The molecule has 2 aromatic carbocycles. The molecule has 0 saturated carbocycles. The Morgan fingerprint density at radius 3 is 2.41 bits per heavy atom. The Balaban J connectivity index is 1.36. The van der Waals surface area contributed by atoms with Gasteiger partial charge >= 0.3 is 5.69 Å². The molecule has 0 aliphatic carbocycles. The number of benzene rings is 2. The van der Waals surface area contributed by atoms with Crippen LogP contribution in [0.4, 0.5) is 0 Å². The van der Waals surface area contributed by atoms with Crippen LogP contribution in [0.3, 0.4) is 0 Å². The largest absolute Gasteiger partial charge is 0.328 e. The highest BCUT2D eigenvalue weighted by molar-refractivity contribution is 5.76. The highest BCUT2D eigenvalue weighted by Crippen LogP contribution is 2.22. The minimum Gasteiger partial charge on any atom is -0.307 e. The molecule has 3 aromatic rings. The maximum atomic E-state index is 12.6. The number of piperidine rings is 1. The summed E-state index contributed by atoms with van der Waals surface area (Å²) < 4.78 is 1.36. The van der Waals surface area contributed by atoms with E-state index < -0.39 is 0 Å². The van der Waals surface area contributed by atoms with Crippen molar-refractivity contribution in [2.24, 2.45) is 5.92 Å². The van der Waals surface area contributed by atoms with Crippen molar-refractivity contribution in [1.82, 2.24) is 14.5 Å². The Morgan fingerprint density at radius 1 is 0.926 bits per heavy atom. The fourth-order valence-electron chi connectivity index (χ4n) is 3.99. The number of likely N-dealkylation sites (tertiary alicyclic amines) is 1. The van der Waals surface area contributed by atoms with Gasteiger partial charge in [-0.2, -0.15) is 0 Å². The van der Waals surface area contributed by atoms with Crippen LogP contribution in [0.5, 0.6) is 0 Å². The summed E-state index contributed by atoms with van der Waals surface area (Å²) in [5.41, 5.74) is 1.47. The molecule has 140 valence electrons. The van der Waals surface area contributed by atoms with Crippen LogP contribution in [0.15, 0.2) is 64.2 Å². The van der Waals surface area contributed by atoms with Crippen LogP contribution in [0.1, 0.15) is 24.8 Å². The van der Waals surface area contributed by atoms with Crippen LogP contribution < -0.4 is 11.2 Å². The number of H-pyrrole nitrogens is 1. The predicted molar refractivity (Wildman–Crippen MR) is 108 cm³/mol. The van der Waals surface area contributed by atoms with E-state index in [0.717, 1.165) is 38.9 Å². The Hall–Kier alpha value is -2.66.